The number of amides is 1. The van der Waals surface area contributed by atoms with Crippen LogP contribution in [-0.2, 0) is 20.9 Å². The third-order valence-electron chi connectivity index (χ3n) is 4.15. The number of ether oxygens (including phenoxy) is 2. The van der Waals surface area contributed by atoms with E-state index < -0.39 is 11.4 Å². The van der Waals surface area contributed by atoms with Crippen LogP contribution in [0.25, 0.3) is 0 Å². The molecule has 1 fully saturated rings. The molecule has 0 radical (unpaired) electrons. The molecule has 1 aromatic rings. The lowest BCUT2D eigenvalue weighted by Gasteiger charge is -2.22. The van der Waals surface area contributed by atoms with Crippen molar-refractivity contribution >= 4 is 11.9 Å². The van der Waals surface area contributed by atoms with Gasteiger partial charge in [-0.2, -0.15) is 0 Å². The first kappa shape index (κ1) is 19.2. The zero-order valence-electron chi connectivity index (χ0n) is 15.1. The molecule has 6 heteroatoms. The Hall–Kier alpha value is -2.08. The molecule has 1 saturated heterocycles. The van der Waals surface area contributed by atoms with Crippen molar-refractivity contribution in [3.05, 3.63) is 29.3 Å². The molecule has 0 aromatic heterocycles. The Kier molecular flexibility index (Phi) is 6.42. The van der Waals surface area contributed by atoms with E-state index in [1.54, 1.807) is 13.8 Å². The minimum atomic E-state index is -0.897. The Labute approximate surface area is 148 Å². The number of nitrogens with one attached hydrogen (secondary N) is 1. The van der Waals surface area contributed by atoms with E-state index in [2.05, 4.69) is 5.32 Å². The predicted molar refractivity (Wildman–Crippen MR) is 93.5 cm³/mol. The Morgan fingerprint density at radius 1 is 1.36 bits per heavy atom. The average Bonchev–Trinajstić information content (AvgIpc) is 2.97. The fraction of sp³-hybridized carbons (Fsp3) is 0.579. The van der Waals surface area contributed by atoms with E-state index in [-0.39, 0.29) is 24.9 Å². The van der Waals surface area contributed by atoms with Crippen molar-refractivity contribution in [2.75, 3.05) is 13.2 Å². The van der Waals surface area contributed by atoms with Crippen LogP contribution in [0.15, 0.2) is 18.2 Å². The van der Waals surface area contributed by atoms with Crippen LogP contribution < -0.4 is 10.1 Å². The van der Waals surface area contributed by atoms with Gasteiger partial charge in [0, 0.05) is 24.9 Å². The molecule has 1 amide bonds. The maximum absolute atomic E-state index is 12.2. The van der Waals surface area contributed by atoms with Gasteiger partial charge in [0.05, 0.1) is 19.6 Å². The second kappa shape index (κ2) is 8.34. The molecule has 0 saturated carbocycles. The van der Waals surface area contributed by atoms with Crippen LogP contribution in [0.2, 0.25) is 0 Å². The standard InChI is InChI=1S/C19H27NO5/c1-13-4-5-14(16(8-13)25-15-6-7-24-12-15)11-20-17(21)9-19(2,3)10-18(22)23/h4-5,8,15H,6-7,9-12H2,1-3H3,(H,20,21)(H,22,23). The second-order valence-corrected chi connectivity index (χ2v) is 7.40. The molecule has 1 unspecified atom stereocenters. The number of benzene rings is 1. The summed E-state index contributed by atoms with van der Waals surface area (Å²) in [5, 5.41) is 11.8. The summed E-state index contributed by atoms with van der Waals surface area (Å²) in [5.74, 6) is -0.298. The summed E-state index contributed by atoms with van der Waals surface area (Å²) < 4.78 is 11.4. The molecular formula is C19H27NO5. The molecule has 1 aromatic carbocycles. The number of aryl methyl sites for hydroxylation is 1. The van der Waals surface area contributed by atoms with Gasteiger partial charge in [-0.3, -0.25) is 9.59 Å². The number of hydrogen-bond donors (Lipinski definition) is 2. The van der Waals surface area contributed by atoms with Gasteiger partial charge < -0.3 is 19.9 Å². The topological polar surface area (TPSA) is 84.9 Å². The van der Waals surface area contributed by atoms with Crippen molar-refractivity contribution in [3.8, 4) is 5.75 Å². The molecule has 1 aliphatic heterocycles. The van der Waals surface area contributed by atoms with Gasteiger partial charge in [-0.1, -0.05) is 26.0 Å². The van der Waals surface area contributed by atoms with Crippen molar-refractivity contribution < 1.29 is 24.2 Å². The lowest BCUT2D eigenvalue weighted by Crippen LogP contribution is -2.30. The third-order valence-corrected chi connectivity index (χ3v) is 4.15. The van der Waals surface area contributed by atoms with Crippen molar-refractivity contribution in [1.82, 2.24) is 5.32 Å². The van der Waals surface area contributed by atoms with Gasteiger partial charge in [-0.15, -0.1) is 0 Å². The average molecular weight is 349 g/mol. The number of aliphatic carboxylic acids is 1. The quantitative estimate of drug-likeness (QED) is 0.754. The van der Waals surface area contributed by atoms with Crippen molar-refractivity contribution in [1.29, 1.82) is 0 Å². The largest absolute Gasteiger partial charge is 0.488 e. The lowest BCUT2D eigenvalue weighted by molar-refractivity contribution is -0.139. The van der Waals surface area contributed by atoms with E-state index in [9.17, 15) is 9.59 Å². The first-order chi connectivity index (χ1) is 11.7. The van der Waals surface area contributed by atoms with E-state index in [0.29, 0.717) is 19.8 Å². The molecule has 6 nitrogen and oxygen atoms in total. The fourth-order valence-electron chi connectivity index (χ4n) is 2.87. The minimum Gasteiger partial charge on any atom is -0.488 e. The van der Waals surface area contributed by atoms with Crippen molar-refractivity contribution in [3.63, 3.8) is 0 Å². The van der Waals surface area contributed by atoms with Gasteiger partial charge in [0.2, 0.25) is 5.91 Å². The Morgan fingerprint density at radius 3 is 2.76 bits per heavy atom. The summed E-state index contributed by atoms with van der Waals surface area (Å²) >= 11 is 0. The molecule has 0 aliphatic carbocycles. The molecule has 2 rings (SSSR count). The summed E-state index contributed by atoms with van der Waals surface area (Å²) in [6.45, 7) is 7.20. The highest BCUT2D eigenvalue weighted by atomic mass is 16.5. The van der Waals surface area contributed by atoms with E-state index in [1.165, 1.54) is 0 Å². The number of carbonyl (C=O) groups is 2. The monoisotopic (exact) mass is 349 g/mol. The SMILES string of the molecule is Cc1ccc(CNC(=O)CC(C)(C)CC(=O)O)c(OC2CCOC2)c1. The van der Waals surface area contributed by atoms with E-state index >= 15 is 0 Å². The highest BCUT2D eigenvalue weighted by Gasteiger charge is 2.25. The minimum absolute atomic E-state index is 0.0407. The molecule has 25 heavy (non-hydrogen) atoms. The smallest absolute Gasteiger partial charge is 0.303 e. The molecular weight excluding hydrogens is 322 g/mol. The third kappa shape index (κ3) is 6.38. The molecule has 1 aliphatic rings. The van der Waals surface area contributed by atoms with E-state index in [0.717, 1.165) is 23.3 Å². The normalized spacial score (nSPS) is 17.3. The van der Waals surface area contributed by atoms with Crippen LogP contribution >= 0.6 is 0 Å². The molecule has 0 spiro atoms. The van der Waals surface area contributed by atoms with Gasteiger partial charge in [0.25, 0.3) is 0 Å². The molecule has 1 heterocycles. The zero-order chi connectivity index (χ0) is 18.4. The van der Waals surface area contributed by atoms with Crippen LogP contribution in [-0.4, -0.2) is 36.3 Å². The summed E-state index contributed by atoms with van der Waals surface area (Å²) in [5.41, 5.74) is 1.41. The zero-order valence-corrected chi connectivity index (χ0v) is 15.1. The number of rotatable bonds is 8. The van der Waals surface area contributed by atoms with Crippen molar-refractivity contribution in [2.24, 2.45) is 5.41 Å². The Bertz CT molecular complexity index is 620. The highest BCUT2D eigenvalue weighted by molar-refractivity contribution is 5.78. The van der Waals surface area contributed by atoms with E-state index in [1.807, 2.05) is 25.1 Å². The Balaban J connectivity index is 1.95. The lowest BCUT2D eigenvalue weighted by atomic mass is 9.85. The summed E-state index contributed by atoms with van der Waals surface area (Å²) in [6, 6.07) is 5.89. The van der Waals surface area contributed by atoms with Gasteiger partial charge in [0.1, 0.15) is 11.9 Å². The first-order valence-corrected chi connectivity index (χ1v) is 8.57. The summed E-state index contributed by atoms with van der Waals surface area (Å²) in [4.78, 5) is 23.0. The van der Waals surface area contributed by atoms with Crippen LogP contribution in [0.1, 0.15) is 44.2 Å². The van der Waals surface area contributed by atoms with E-state index in [4.69, 9.17) is 14.6 Å². The first-order valence-electron chi connectivity index (χ1n) is 8.57. The molecule has 0 bridgehead atoms. The van der Waals surface area contributed by atoms with Gasteiger partial charge in [-0.05, 0) is 24.0 Å². The maximum Gasteiger partial charge on any atom is 0.303 e. The number of carbonyl (C=O) groups excluding carboxylic acids is 1. The van der Waals surface area contributed by atoms with Crippen LogP contribution in [0.4, 0.5) is 0 Å². The number of carboxylic acid groups (broad SMARTS) is 1. The Morgan fingerprint density at radius 2 is 2.12 bits per heavy atom. The molecule has 2 N–H and O–H groups in total. The van der Waals surface area contributed by atoms with Crippen LogP contribution in [0, 0.1) is 12.3 Å². The maximum atomic E-state index is 12.2. The van der Waals surface area contributed by atoms with Gasteiger partial charge in [0.15, 0.2) is 0 Å². The molecule has 1 atom stereocenters. The summed E-state index contributed by atoms with van der Waals surface area (Å²) in [6.07, 6.45) is 1.04. The van der Waals surface area contributed by atoms with Crippen LogP contribution in [0.5, 0.6) is 5.75 Å². The number of carboxylic acids is 1. The second-order valence-electron chi connectivity index (χ2n) is 7.40. The predicted octanol–water partition coefficient (Wildman–Crippen LogP) is 2.67. The fourth-order valence-corrected chi connectivity index (χ4v) is 2.87. The summed E-state index contributed by atoms with van der Waals surface area (Å²) in [7, 11) is 0. The number of hydrogen-bond acceptors (Lipinski definition) is 4. The molecule has 138 valence electrons. The van der Waals surface area contributed by atoms with Crippen LogP contribution in [0.3, 0.4) is 0 Å². The van der Waals surface area contributed by atoms with Crippen molar-refractivity contribution in [2.45, 2.75) is 52.7 Å². The van der Waals surface area contributed by atoms with Gasteiger partial charge in [-0.25, -0.2) is 0 Å². The van der Waals surface area contributed by atoms with Gasteiger partial charge >= 0.3 is 5.97 Å². The highest BCUT2D eigenvalue weighted by Crippen LogP contribution is 2.26.